The maximum Gasteiger partial charge on any atom is 0.248 e. The molecular formula is C37H41BrN8O3. The minimum atomic E-state index is -0.653. The number of nitrogens with one attached hydrogen (secondary N) is 1. The molecule has 1 saturated heterocycles. The van der Waals surface area contributed by atoms with Crippen molar-refractivity contribution in [3.63, 3.8) is 0 Å². The van der Waals surface area contributed by atoms with Crippen LogP contribution < -0.4 is 5.32 Å². The molecule has 2 amide bonds. The molecule has 2 bridgehead atoms. The third-order valence-electron chi connectivity index (χ3n) is 10.2. The number of carbonyl (C=O) groups is 3. The van der Waals surface area contributed by atoms with E-state index in [0.29, 0.717) is 40.2 Å². The van der Waals surface area contributed by atoms with Gasteiger partial charge in [0.1, 0.15) is 34.5 Å². The summed E-state index contributed by atoms with van der Waals surface area (Å²) in [5.74, 6) is 0.566. The molecule has 5 heterocycles. The van der Waals surface area contributed by atoms with E-state index in [9.17, 15) is 14.4 Å². The Morgan fingerprint density at radius 1 is 1.06 bits per heavy atom. The molecule has 11 nitrogen and oxygen atoms in total. The molecule has 3 aromatic heterocycles. The van der Waals surface area contributed by atoms with Gasteiger partial charge in [-0.2, -0.15) is 5.10 Å². The zero-order valence-electron chi connectivity index (χ0n) is 28.4. The van der Waals surface area contributed by atoms with E-state index in [4.69, 9.17) is 5.10 Å². The summed E-state index contributed by atoms with van der Waals surface area (Å²) in [6, 6.07) is 7.08. The molecule has 7 rings (SSSR count). The van der Waals surface area contributed by atoms with E-state index in [0.717, 1.165) is 66.5 Å². The van der Waals surface area contributed by atoms with E-state index in [1.54, 1.807) is 22.0 Å². The fourth-order valence-electron chi connectivity index (χ4n) is 7.79. The summed E-state index contributed by atoms with van der Waals surface area (Å²) < 4.78 is 2.27. The fraction of sp³-hybridized carbons (Fsp3) is 0.432. The number of likely N-dealkylation sites (tertiary alicyclic amines) is 1. The predicted octanol–water partition coefficient (Wildman–Crippen LogP) is 5.68. The van der Waals surface area contributed by atoms with Crippen molar-refractivity contribution in [3.05, 3.63) is 76.1 Å². The van der Waals surface area contributed by atoms with Gasteiger partial charge in [0.2, 0.25) is 11.8 Å². The number of rotatable bonds is 4. The van der Waals surface area contributed by atoms with Crippen LogP contribution in [0.2, 0.25) is 0 Å². The van der Waals surface area contributed by atoms with Gasteiger partial charge in [-0.15, -0.1) is 0 Å². The molecule has 3 aliphatic rings. The molecule has 1 saturated carbocycles. The van der Waals surface area contributed by atoms with Crippen LogP contribution in [0, 0.1) is 19.3 Å². The number of amides is 2. The molecule has 49 heavy (non-hydrogen) atoms. The lowest BCUT2D eigenvalue weighted by molar-refractivity contribution is -0.138. The molecule has 2 fully saturated rings. The number of nitrogens with zero attached hydrogens (tertiary/aromatic N) is 7. The van der Waals surface area contributed by atoms with Gasteiger partial charge in [0.15, 0.2) is 5.78 Å². The van der Waals surface area contributed by atoms with Gasteiger partial charge in [-0.25, -0.2) is 15.0 Å². The van der Waals surface area contributed by atoms with Gasteiger partial charge in [0.25, 0.3) is 0 Å². The number of carbonyl (C=O) groups excluding carboxylic acids is 3. The lowest BCUT2D eigenvalue weighted by atomic mass is 9.98. The predicted molar refractivity (Wildman–Crippen MR) is 191 cm³/mol. The molecule has 1 spiro atoms. The number of halogens is 1. The molecule has 1 unspecified atom stereocenters. The Hall–Kier alpha value is -4.29. The molecule has 254 valence electrons. The summed E-state index contributed by atoms with van der Waals surface area (Å²) in [6.07, 6.45) is 13.2. The summed E-state index contributed by atoms with van der Waals surface area (Å²) in [6.45, 7) is 6.98. The first kappa shape index (κ1) is 33.2. The smallest absolute Gasteiger partial charge is 0.248 e. The first-order chi connectivity index (χ1) is 23.5. The van der Waals surface area contributed by atoms with E-state index in [1.165, 1.54) is 6.92 Å². The monoisotopic (exact) mass is 724 g/mol. The second-order valence-electron chi connectivity index (χ2n) is 13.9. The Morgan fingerprint density at radius 2 is 1.86 bits per heavy atom. The number of piperidine rings is 1. The summed E-state index contributed by atoms with van der Waals surface area (Å²) >= 11 is 3.46. The van der Waals surface area contributed by atoms with Crippen LogP contribution in [0.3, 0.4) is 0 Å². The summed E-state index contributed by atoms with van der Waals surface area (Å²) in [5.41, 5.74) is 4.37. The first-order valence-electron chi connectivity index (χ1n) is 16.9. The third-order valence-corrected chi connectivity index (χ3v) is 10.7. The number of benzene rings is 1. The fourth-order valence-corrected chi connectivity index (χ4v) is 8.10. The number of Topliss-reactive ketones (excluding diaryl/α,β-unsaturated/α-hetero) is 1. The zero-order chi connectivity index (χ0) is 34.4. The lowest BCUT2D eigenvalue weighted by Gasteiger charge is -2.27. The van der Waals surface area contributed by atoms with Crippen LogP contribution in [0.15, 0.2) is 53.4 Å². The van der Waals surface area contributed by atoms with E-state index < -0.39 is 6.04 Å². The summed E-state index contributed by atoms with van der Waals surface area (Å²) in [7, 11) is 2.14. The molecule has 0 radical (unpaired) electrons. The molecule has 1 N–H and O–H groups in total. The maximum absolute atomic E-state index is 14.4. The number of anilines is 1. The minimum absolute atomic E-state index is 0.0474. The number of ketones is 1. The molecule has 4 aromatic rings. The Bertz CT molecular complexity index is 1990. The maximum atomic E-state index is 14.4. The Kier molecular flexibility index (Phi) is 8.95. The zero-order valence-corrected chi connectivity index (χ0v) is 30.0. The van der Waals surface area contributed by atoms with Crippen molar-refractivity contribution in [1.29, 1.82) is 0 Å². The highest BCUT2D eigenvalue weighted by molar-refractivity contribution is 9.10. The normalized spacial score (nSPS) is 22.9. The van der Waals surface area contributed by atoms with Crippen LogP contribution >= 0.6 is 15.9 Å². The van der Waals surface area contributed by atoms with Crippen molar-refractivity contribution >= 4 is 50.2 Å². The topological polar surface area (TPSA) is 126 Å². The number of hydrogen-bond acceptors (Lipinski definition) is 8. The largest absolute Gasteiger partial charge is 0.325 e. The van der Waals surface area contributed by atoms with Crippen LogP contribution in [0.5, 0.6) is 0 Å². The number of allylic oxidation sites excluding steroid dienone is 2. The Labute approximate surface area is 294 Å². The molecule has 2 aliphatic heterocycles. The standard InChI is InChI=1S/C37H41BrN8O3/c1-22-14-26(27-18-39-24(3)40-19-27)15-28-33(23(2)47)43-45(34(22)28)20-32(48)46-29-16-37(17-30(37)46)21-44(4)13-9-7-5-6-8-10-25-11-12-31(38)41-35(25)42-36(29)49/h6,8,11-12,14-15,18-19,29-30H,5,7,9-10,13,16-17,20-21H2,1-4H3,(H,41,42,49)/t29-,30?,37-/m0/s1. The number of aryl methyl sites for hydroxylation is 2. The van der Waals surface area contributed by atoms with E-state index in [-0.39, 0.29) is 35.6 Å². The Morgan fingerprint density at radius 3 is 2.63 bits per heavy atom. The second kappa shape index (κ2) is 13.2. The van der Waals surface area contributed by atoms with Gasteiger partial charge in [0.05, 0.1) is 5.52 Å². The number of fused-ring (bicyclic) bond motifs is 3. The highest BCUT2D eigenvalue weighted by Crippen LogP contribution is 2.60. The third kappa shape index (κ3) is 6.55. The van der Waals surface area contributed by atoms with Gasteiger partial charge in [-0.05, 0) is 117 Å². The van der Waals surface area contributed by atoms with E-state index in [1.807, 2.05) is 38.1 Å². The lowest BCUT2D eigenvalue weighted by Crippen LogP contribution is -2.47. The van der Waals surface area contributed by atoms with E-state index >= 15 is 0 Å². The van der Waals surface area contributed by atoms with Gasteiger partial charge >= 0.3 is 0 Å². The van der Waals surface area contributed by atoms with Gasteiger partial charge in [0, 0.05) is 48.3 Å². The minimum Gasteiger partial charge on any atom is -0.325 e. The van der Waals surface area contributed by atoms with Gasteiger partial charge in [-0.1, -0.05) is 18.2 Å². The van der Waals surface area contributed by atoms with Crippen LogP contribution in [-0.2, 0) is 22.6 Å². The van der Waals surface area contributed by atoms with Crippen molar-refractivity contribution in [2.75, 3.05) is 25.5 Å². The molecular weight excluding hydrogens is 684 g/mol. The highest BCUT2D eigenvalue weighted by atomic mass is 79.9. The average Bonchev–Trinajstić information content (AvgIpc) is 3.44. The molecule has 1 aliphatic carbocycles. The highest BCUT2D eigenvalue weighted by Gasteiger charge is 2.67. The SMILES string of the molecule is CC(=O)c1nn(CC(=O)N2C3C[C@]34C[C@H]2C(=O)Nc2nc(Br)ccc2CC=CCCCCN(C)C4)c2c(C)cc(-c3cnc(C)nc3)cc12. The number of pyridine rings is 1. The van der Waals surface area contributed by atoms with Crippen LogP contribution in [0.4, 0.5) is 5.82 Å². The van der Waals surface area contributed by atoms with Crippen LogP contribution in [0.25, 0.3) is 22.0 Å². The van der Waals surface area contributed by atoms with E-state index in [2.05, 4.69) is 60.3 Å². The van der Waals surface area contributed by atoms with Crippen molar-refractivity contribution in [1.82, 2.24) is 34.5 Å². The quantitative estimate of drug-likeness (QED) is 0.162. The summed E-state index contributed by atoms with van der Waals surface area (Å²) in [4.78, 5) is 58.9. The number of aromatic nitrogens is 5. The number of hydrogen-bond donors (Lipinski definition) is 1. The van der Waals surface area contributed by atoms with Gasteiger partial charge in [-0.3, -0.25) is 19.1 Å². The first-order valence-corrected chi connectivity index (χ1v) is 17.7. The molecule has 1 aromatic carbocycles. The molecule has 3 atom stereocenters. The van der Waals surface area contributed by atoms with Crippen molar-refractivity contribution in [2.24, 2.45) is 5.41 Å². The summed E-state index contributed by atoms with van der Waals surface area (Å²) in [5, 5.41) is 8.46. The Balaban J connectivity index is 1.22. The van der Waals surface area contributed by atoms with Crippen LogP contribution in [-0.4, -0.2) is 84.4 Å². The molecule has 12 heteroatoms. The van der Waals surface area contributed by atoms with Gasteiger partial charge < -0.3 is 15.1 Å². The van der Waals surface area contributed by atoms with Crippen molar-refractivity contribution in [3.8, 4) is 11.1 Å². The van der Waals surface area contributed by atoms with Crippen molar-refractivity contribution < 1.29 is 14.4 Å². The van der Waals surface area contributed by atoms with Crippen LogP contribution in [0.1, 0.15) is 66.5 Å². The average molecular weight is 726 g/mol. The second-order valence-corrected chi connectivity index (χ2v) is 14.7. The van der Waals surface area contributed by atoms with Crippen molar-refractivity contribution in [2.45, 2.75) is 77.9 Å².